The molecule has 176 valence electrons. The minimum atomic E-state index is 0.0158. The number of carbonyl (C=O) groups excluding carboxylic acids is 1. The standard InChI is InChI=1S/C26H28ClN5O2/c1-16-6-8-20(18-13-29-31(3)15-18)21(11-16)25(33)32-10-4-5-17(2)23(32)14-28-26-30-22-12-19(27)7-9-24(22)34-26/h6-9,11-13,15,17,23H,4-5,10,14H2,1-3H3,(H,28,30)/t17-,23-/m1/s1. The highest BCUT2D eigenvalue weighted by Crippen LogP contribution is 2.30. The van der Waals surface area contributed by atoms with Gasteiger partial charge in [0.15, 0.2) is 5.58 Å². The summed E-state index contributed by atoms with van der Waals surface area (Å²) < 4.78 is 7.59. The minimum absolute atomic E-state index is 0.0158. The molecular formula is C26H28ClN5O2. The highest BCUT2D eigenvalue weighted by Gasteiger charge is 2.33. The summed E-state index contributed by atoms with van der Waals surface area (Å²) in [5.41, 5.74) is 5.00. The van der Waals surface area contributed by atoms with E-state index in [-0.39, 0.29) is 11.9 Å². The molecule has 0 radical (unpaired) electrons. The molecule has 2 aromatic heterocycles. The number of halogens is 1. The molecule has 1 aliphatic rings. The number of fused-ring (bicyclic) bond motifs is 1. The van der Waals surface area contributed by atoms with Crippen molar-refractivity contribution in [3.05, 3.63) is 64.9 Å². The highest BCUT2D eigenvalue weighted by atomic mass is 35.5. The van der Waals surface area contributed by atoms with Crippen molar-refractivity contribution in [3.63, 3.8) is 0 Å². The molecule has 0 saturated carbocycles. The molecule has 0 bridgehead atoms. The molecule has 1 N–H and O–H groups in total. The Morgan fingerprint density at radius 1 is 1.26 bits per heavy atom. The Morgan fingerprint density at radius 3 is 2.91 bits per heavy atom. The number of nitrogens with zero attached hydrogens (tertiary/aromatic N) is 4. The van der Waals surface area contributed by atoms with Gasteiger partial charge in [0.05, 0.1) is 12.2 Å². The number of hydrogen-bond acceptors (Lipinski definition) is 5. The third-order valence-electron chi connectivity index (χ3n) is 6.61. The van der Waals surface area contributed by atoms with Crippen molar-refractivity contribution in [2.75, 3.05) is 18.4 Å². The molecule has 2 atom stereocenters. The molecular weight excluding hydrogens is 450 g/mol. The number of piperidine rings is 1. The molecule has 7 nitrogen and oxygen atoms in total. The molecule has 4 aromatic rings. The van der Waals surface area contributed by atoms with Crippen molar-refractivity contribution < 1.29 is 9.21 Å². The maximum absolute atomic E-state index is 13.9. The summed E-state index contributed by atoms with van der Waals surface area (Å²) in [5.74, 6) is 0.390. The molecule has 2 aromatic carbocycles. The van der Waals surface area contributed by atoms with Crippen LogP contribution in [0.1, 0.15) is 35.7 Å². The fourth-order valence-electron chi connectivity index (χ4n) is 4.78. The fourth-order valence-corrected chi connectivity index (χ4v) is 4.95. The number of oxazole rings is 1. The van der Waals surface area contributed by atoms with E-state index in [1.807, 2.05) is 49.3 Å². The lowest BCUT2D eigenvalue weighted by Gasteiger charge is -2.40. The Kier molecular flexibility index (Phi) is 6.04. The number of benzene rings is 2. The second kappa shape index (κ2) is 9.14. The second-order valence-corrected chi connectivity index (χ2v) is 9.59. The number of likely N-dealkylation sites (tertiary alicyclic amines) is 1. The Labute approximate surface area is 203 Å². The van der Waals surface area contributed by atoms with Gasteiger partial charge >= 0.3 is 0 Å². The van der Waals surface area contributed by atoms with E-state index in [2.05, 4.69) is 22.3 Å². The van der Waals surface area contributed by atoms with Gasteiger partial charge in [0.1, 0.15) is 5.52 Å². The lowest BCUT2D eigenvalue weighted by Crippen LogP contribution is -2.51. The summed E-state index contributed by atoms with van der Waals surface area (Å²) in [4.78, 5) is 20.4. The average molecular weight is 478 g/mol. The highest BCUT2D eigenvalue weighted by molar-refractivity contribution is 6.31. The van der Waals surface area contributed by atoms with E-state index in [0.29, 0.717) is 40.2 Å². The van der Waals surface area contributed by atoms with Gasteiger partial charge in [0, 0.05) is 42.5 Å². The fraction of sp³-hybridized carbons (Fsp3) is 0.346. The van der Waals surface area contributed by atoms with E-state index >= 15 is 0 Å². The number of amides is 1. The van der Waals surface area contributed by atoms with Gasteiger partial charge in [-0.3, -0.25) is 9.48 Å². The van der Waals surface area contributed by atoms with Crippen LogP contribution in [-0.2, 0) is 7.05 Å². The predicted octanol–water partition coefficient (Wildman–Crippen LogP) is 5.54. The number of rotatable bonds is 5. The first-order valence-electron chi connectivity index (χ1n) is 11.6. The molecule has 0 spiro atoms. The molecule has 3 heterocycles. The summed E-state index contributed by atoms with van der Waals surface area (Å²) in [5, 5.41) is 8.24. The van der Waals surface area contributed by atoms with Gasteiger partial charge < -0.3 is 14.6 Å². The van der Waals surface area contributed by atoms with Gasteiger partial charge in [-0.05, 0) is 55.5 Å². The molecule has 34 heavy (non-hydrogen) atoms. The maximum atomic E-state index is 13.9. The number of aryl methyl sites for hydroxylation is 2. The van der Waals surface area contributed by atoms with Crippen LogP contribution in [0.5, 0.6) is 0 Å². The van der Waals surface area contributed by atoms with Crippen molar-refractivity contribution in [1.82, 2.24) is 19.7 Å². The van der Waals surface area contributed by atoms with Gasteiger partial charge in [-0.25, -0.2) is 0 Å². The van der Waals surface area contributed by atoms with Crippen molar-refractivity contribution >= 4 is 34.6 Å². The quantitative estimate of drug-likeness (QED) is 0.408. The molecule has 0 unspecified atom stereocenters. The van der Waals surface area contributed by atoms with Crippen LogP contribution in [0.4, 0.5) is 6.01 Å². The van der Waals surface area contributed by atoms with E-state index in [1.165, 1.54) is 0 Å². The first-order valence-corrected chi connectivity index (χ1v) is 12.0. The monoisotopic (exact) mass is 477 g/mol. The van der Waals surface area contributed by atoms with Crippen molar-refractivity contribution in [1.29, 1.82) is 0 Å². The Bertz CT molecular complexity index is 1340. The SMILES string of the molecule is Cc1ccc(-c2cnn(C)c2)c(C(=O)N2CCC[C@@H](C)[C@H]2CNc2nc3cc(Cl)ccc3o2)c1. The van der Waals surface area contributed by atoms with E-state index in [9.17, 15) is 4.79 Å². The van der Waals surface area contributed by atoms with Crippen LogP contribution in [0.15, 0.2) is 53.2 Å². The summed E-state index contributed by atoms with van der Waals surface area (Å²) >= 11 is 6.08. The molecule has 1 aliphatic heterocycles. The summed E-state index contributed by atoms with van der Waals surface area (Å²) in [6, 6.07) is 11.9. The largest absolute Gasteiger partial charge is 0.424 e. The maximum Gasteiger partial charge on any atom is 0.295 e. The zero-order valence-electron chi connectivity index (χ0n) is 19.6. The smallest absolute Gasteiger partial charge is 0.295 e. The average Bonchev–Trinajstić information content (AvgIpc) is 3.43. The first-order chi connectivity index (χ1) is 16.4. The zero-order chi connectivity index (χ0) is 23.8. The first kappa shape index (κ1) is 22.5. The van der Waals surface area contributed by atoms with Crippen LogP contribution in [0, 0.1) is 12.8 Å². The van der Waals surface area contributed by atoms with Crippen LogP contribution in [0.25, 0.3) is 22.2 Å². The Morgan fingerprint density at radius 2 is 2.12 bits per heavy atom. The summed E-state index contributed by atoms with van der Waals surface area (Å²) in [7, 11) is 1.88. The lowest BCUT2D eigenvalue weighted by atomic mass is 9.89. The molecule has 1 saturated heterocycles. The molecule has 1 fully saturated rings. The minimum Gasteiger partial charge on any atom is -0.424 e. The van der Waals surface area contributed by atoms with Crippen LogP contribution in [0.2, 0.25) is 5.02 Å². The third-order valence-corrected chi connectivity index (χ3v) is 6.85. The number of hydrogen-bond donors (Lipinski definition) is 1. The van der Waals surface area contributed by atoms with Crippen LogP contribution in [-0.4, -0.2) is 44.7 Å². The Balaban J connectivity index is 1.41. The van der Waals surface area contributed by atoms with Gasteiger partial charge in [-0.1, -0.05) is 36.2 Å². The van der Waals surface area contributed by atoms with E-state index < -0.39 is 0 Å². The van der Waals surface area contributed by atoms with E-state index in [4.69, 9.17) is 16.0 Å². The topological polar surface area (TPSA) is 76.2 Å². The van der Waals surface area contributed by atoms with Crippen molar-refractivity contribution in [2.24, 2.45) is 13.0 Å². The zero-order valence-corrected chi connectivity index (χ0v) is 20.3. The third kappa shape index (κ3) is 4.40. The van der Waals surface area contributed by atoms with Crippen LogP contribution < -0.4 is 5.32 Å². The predicted molar refractivity (Wildman–Crippen MR) is 134 cm³/mol. The summed E-state index contributed by atoms with van der Waals surface area (Å²) in [6.45, 7) is 5.50. The van der Waals surface area contributed by atoms with Gasteiger partial charge in [-0.15, -0.1) is 0 Å². The second-order valence-electron chi connectivity index (χ2n) is 9.15. The van der Waals surface area contributed by atoms with Gasteiger partial charge in [-0.2, -0.15) is 10.1 Å². The van der Waals surface area contributed by atoms with Crippen LogP contribution in [0.3, 0.4) is 0 Å². The van der Waals surface area contributed by atoms with Crippen molar-refractivity contribution in [3.8, 4) is 11.1 Å². The number of carbonyl (C=O) groups is 1. The number of anilines is 1. The normalized spacial score (nSPS) is 18.4. The summed E-state index contributed by atoms with van der Waals surface area (Å²) in [6.07, 6.45) is 5.80. The van der Waals surface area contributed by atoms with Gasteiger partial charge in [0.2, 0.25) is 0 Å². The van der Waals surface area contributed by atoms with Crippen LogP contribution >= 0.6 is 11.6 Å². The van der Waals surface area contributed by atoms with E-state index in [0.717, 1.165) is 36.1 Å². The molecule has 0 aliphatic carbocycles. The number of aromatic nitrogens is 3. The lowest BCUT2D eigenvalue weighted by molar-refractivity contribution is 0.0540. The number of nitrogens with one attached hydrogen (secondary N) is 1. The Hall–Kier alpha value is -3.32. The van der Waals surface area contributed by atoms with Crippen molar-refractivity contribution in [2.45, 2.75) is 32.7 Å². The molecule has 8 heteroatoms. The molecule has 5 rings (SSSR count). The molecule has 1 amide bonds. The van der Waals surface area contributed by atoms with E-state index in [1.54, 1.807) is 23.0 Å². The van der Waals surface area contributed by atoms with Gasteiger partial charge in [0.25, 0.3) is 11.9 Å².